The van der Waals surface area contributed by atoms with Crippen LogP contribution in [0.1, 0.15) is 26.2 Å². The van der Waals surface area contributed by atoms with Crippen LogP contribution >= 0.6 is 0 Å². The highest BCUT2D eigenvalue weighted by molar-refractivity contribution is 4.72. The number of hydrogen-bond acceptors (Lipinski definition) is 2. The lowest BCUT2D eigenvalue weighted by atomic mass is 9.84. The van der Waals surface area contributed by atoms with Crippen LogP contribution in [-0.4, -0.2) is 19.8 Å². The summed E-state index contributed by atoms with van der Waals surface area (Å²) in [7, 11) is 0. The van der Waals surface area contributed by atoms with Gasteiger partial charge in [-0.15, -0.1) is 0 Å². The van der Waals surface area contributed by atoms with Gasteiger partial charge in [0.1, 0.15) is 0 Å². The summed E-state index contributed by atoms with van der Waals surface area (Å²) >= 11 is 0. The van der Waals surface area contributed by atoms with E-state index in [2.05, 4.69) is 6.92 Å². The molecule has 0 amide bonds. The summed E-state index contributed by atoms with van der Waals surface area (Å²) in [5.74, 6) is 1.57. The van der Waals surface area contributed by atoms with Gasteiger partial charge in [-0.3, -0.25) is 0 Å². The van der Waals surface area contributed by atoms with Crippen molar-refractivity contribution in [2.45, 2.75) is 26.2 Å². The fourth-order valence-corrected chi connectivity index (χ4v) is 1.88. The average molecular weight is 157 g/mol. The Morgan fingerprint density at radius 1 is 1.45 bits per heavy atom. The third-order valence-electron chi connectivity index (χ3n) is 2.76. The summed E-state index contributed by atoms with van der Waals surface area (Å²) in [5, 5.41) is 0. The van der Waals surface area contributed by atoms with E-state index in [1.54, 1.807) is 0 Å². The summed E-state index contributed by atoms with van der Waals surface area (Å²) in [6, 6.07) is 0. The van der Waals surface area contributed by atoms with Crippen LogP contribution in [0, 0.1) is 11.8 Å². The maximum Gasteiger partial charge on any atom is 0.0468 e. The molecule has 0 aliphatic carbocycles. The normalized spacial score (nSPS) is 23.5. The molecule has 1 fully saturated rings. The molecule has 1 aliphatic rings. The van der Waals surface area contributed by atoms with Gasteiger partial charge < -0.3 is 10.5 Å². The minimum atomic E-state index is 0.735. The molecule has 0 spiro atoms. The van der Waals surface area contributed by atoms with Crippen molar-refractivity contribution in [3.63, 3.8) is 0 Å². The topological polar surface area (TPSA) is 35.2 Å². The van der Waals surface area contributed by atoms with Crippen molar-refractivity contribution in [2.75, 3.05) is 19.8 Å². The molecule has 0 aromatic heterocycles. The predicted molar refractivity (Wildman–Crippen MR) is 46.4 cm³/mol. The van der Waals surface area contributed by atoms with Crippen molar-refractivity contribution in [3.8, 4) is 0 Å². The van der Waals surface area contributed by atoms with Gasteiger partial charge in [-0.2, -0.15) is 0 Å². The van der Waals surface area contributed by atoms with Crippen molar-refractivity contribution in [1.29, 1.82) is 0 Å². The Hall–Kier alpha value is -0.0800. The highest BCUT2D eigenvalue weighted by atomic mass is 16.5. The Bertz CT molecular complexity index is 95.7. The van der Waals surface area contributed by atoms with Gasteiger partial charge in [-0.1, -0.05) is 13.3 Å². The number of ether oxygens (including phenoxy) is 1. The van der Waals surface area contributed by atoms with Crippen molar-refractivity contribution in [2.24, 2.45) is 17.6 Å². The highest BCUT2D eigenvalue weighted by Gasteiger charge is 2.20. The molecule has 2 N–H and O–H groups in total. The first-order chi connectivity index (χ1) is 5.38. The van der Waals surface area contributed by atoms with Gasteiger partial charge in [0.2, 0.25) is 0 Å². The van der Waals surface area contributed by atoms with Crippen molar-refractivity contribution in [1.82, 2.24) is 0 Å². The van der Waals surface area contributed by atoms with Crippen LogP contribution in [0.4, 0.5) is 0 Å². The molecule has 1 heterocycles. The van der Waals surface area contributed by atoms with Gasteiger partial charge in [0.05, 0.1) is 0 Å². The predicted octanol–water partition coefficient (Wildman–Crippen LogP) is 1.40. The van der Waals surface area contributed by atoms with E-state index >= 15 is 0 Å². The molecule has 0 aromatic rings. The van der Waals surface area contributed by atoms with E-state index in [0.717, 1.165) is 31.6 Å². The number of rotatable bonds is 3. The second-order valence-corrected chi connectivity index (χ2v) is 3.35. The van der Waals surface area contributed by atoms with Crippen LogP contribution in [0.3, 0.4) is 0 Å². The molecule has 2 nitrogen and oxygen atoms in total. The van der Waals surface area contributed by atoms with E-state index < -0.39 is 0 Å². The fourth-order valence-electron chi connectivity index (χ4n) is 1.88. The molecule has 0 saturated carbocycles. The molecule has 1 unspecified atom stereocenters. The molecular formula is C9H19NO. The van der Waals surface area contributed by atoms with E-state index in [9.17, 15) is 0 Å². The first-order valence-electron chi connectivity index (χ1n) is 4.66. The van der Waals surface area contributed by atoms with Crippen LogP contribution < -0.4 is 5.73 Å². The van der Waals surface area contributed by atoms with Crippen molar-refractivity contribution >= 4 is 0 Å². The lowest BCUT2D eigenvalue weighted by molar-refractivity contribution is 0.0473. The Morgan fingerprint density at radius 3 is 2.55 bits per heavy atom. The number of hydrogen-bond donors (Lipinski definition) is 1. The average Bonchev–Trinajstić information content (AvgIpc) is 2.09. The third kappa shape index (κ3) is 2.46. The molecule has 0 radical (unpaired) electrons. The molecule has 11 heavy (non-hydrogen) atoms. The van der Waals surface area contributed by atoms with E-state index in [0.29, 0.717) is 0 Å². The monoisotopic (exact) mass is 157 g/mol. The Morgan fingerprint density at radius 2 is 2.09 bits per heavy atom. The molecule has 1 saturated heterocycles. The van der Waals surface area contributed by atoms with Crippen molar-refractivity contribution in [3.05, 3.63) is 0 Å². The summed E-state index contributed by atoms with van der Waals surface area (Å²) in [5.41, 5.74) is 5.67. The van der Waals surface area contributed by atoms with Crippen LogP contribution in [0.25, 0.3) is 0 Å². The lowest BCUT2D eigenvalue weighted by Gasteiger charge is -2.28. The van der Waals surface area contributed by atoms with Crippen LogP contribution in [0.2, 0.25) is 0 Å². The van der Waals surface area contributed by atoms with Crippen molar-refractivity contribution < 1.29 is 4.74 Å². The quantitative estimate of drug-likeness (QED) is 0.672. The molecule has 1 atom stereocenters. The minimum Gasteiger partial charge on any atom is -0.381 e. The first-order valence-corrected chi connectivity index (χ1v) is 4.66. The standard InChI is InChI=1S/C9H19NO/c1-2-8(7-10)9-3-5-11-6-4-9/h8-9H,2-7,10H2,1H3. The smallest absolute Gasteiger partial charge is 0.0468 e. The second-order valence-electron chi connectivity index (χ2n) is 3.35. The molecule has 0 bridgehead atoms. The zero-order valence-electron chi connectivity index (χ0n) is 7.38. The first kappa shape index (κ1) is 9.01. The summed E-state index contributed by atoms with van der Waals surface area (Å²) in [6.45, 7) is 4.97. The molecule has 66 valence electrons. The van der Waals surface area contributed by atoms with E-state index in [1.165, 1.54) is 19.3 Å². The number of nitrogens with two attached hydrogens (primary N) is 1. The van der Waals surface area contributed by atoms with Crippen LogP contribution in [0.5, 0.6) is 0 Å². The van der Waals surface area contributed by atoms with Gasteiger partial charge in [0.15, 0.2) is 0 Å². The summed E-state index contributed by atoms with van der Waals surface area (Å²) in [4.78, 5) is 0. The molecule has 1 rings (SSSR count). The molecule has 2 heteroatoms. The Labute approximate surface area is 69.1 Å². The minimum absolute atomic E-state index is 0.735. The third-order valence-corrected chi connectivity index (χ3v) is 2.76. The molecular weight excluding hydrogens is 138 g/mol. The van der Waals surface area contributed by atoms with E-state index in [-0.39, 0.29) is 0 Å². The van der Waals surface area contributed by atoms with Gasteiger partial charge in [0, 0.05) is 13.2 Å². The Kier molecular flexibility index (Phi) is 3.87. The Balaban J connectivity index is 2.30. The van der Waals surface area contributed by atoms with Gasteiger partial charge in [-0.05, 0) is 31.2 Å². The lowest BCUT2D eigenvalue weighted by Crippen LogP contribution is -2.28. The zero-order valence-corrected chi connectivity index (χ0v) is 7.38. The van der Waals surface area contributed by atoms with Gasteiger partial charge in [-0.25, -0.2) is 0 Å². The van der Waals surface area contributed by atoms with Crippen LogP contribution in [-0.2, 0) is 4.74 Å². The van der Waals surface area contributed by atoms with E-state index in [4.69, 9.17) is 10.5 Å². The molecule has 0 aromatic carbocycles. The summed E-state index contributed by atoms with van der Waals surface area (Å²) in [6.07, 6.45) is 3.66. The van der Waals surface area contributed by atoms with Crippen LogP contribution in [0.15, 0.2) is 0 Å². The fraction of sp³-hybridized carbons (Fsp3) is 1.00. The largest absolute Gasteiger partial charge is 0.381 e. The van der Waals surface area contributed by atoms with Gasteiger partial charge >= 0.3 is 0 Å². The zero-order chi connectivity index (χ0) is 8.10. The maximum atomic E-state index is 5.67. The molecule has 1 aliphatic heterocycles. The SMILES string of the molecule is CCC(CN)C1CCOCC1. The second kappa shape index (κ2) is 4.73. The summed E-state index contributed by atoms with van der Waals surface area (Å²) < 4.78 is 5.30. The maximum absolute atomic E-state index is 5.67. The van der Waals surface area contributed by atoms with E-state index in [1.807, 2.05) is 0 Å². The highest BCUT2D eigenvalue weighted by Crippen LogP contribution is 2.24. The van der Waals surface area contributed by atoms with Gasteiger partial charge in [0.25, 0.3) is 0 Å².